The number of nitrogens with zero attached hydrogens (tertiary/aromatic N) is 2. The Kier molecular flexibility index (Phi) is 7.53. The first kappa shape index (κ1) is 24.2. The average molecular weight is 483 g/mol. The van der Waals surface area contributed by atoms with Gasteiger partial charge in [0.05, 0.1) is 16.0 Å². The van der Waals surface area contributed by atoms with E-state index in [9.17, 15) is 13.2 Å². The van der Waals surface area contributed by atoms with Crippen LogP contribution < -0.4 is 14.4 Å². The Morgan fingerprint density at radius 1 is 1.19 bits per heavy atom. The van der Waals surface area contributed by atoms with E-state index in [2.05, 4.69) is 4.90 Å². The lowest BCUT2D eigenvalue weighted by molar-refractivity contribution is -0.139. The molecule has 1 aliphatic rings. The molecule has 1 unspecified atom stereocenters. The Bertz CT molecular complexity index is 1060. The smallest absolute Gasteiger partial charge is 0.341 e. The molecule has 2 aromatic rings. The van der Waals surface area contributed by atoms with Crippen molar-refractivity contribution in [2.24, 2.45) is 0 Å². The minimum Gasteiger partial charge on any atom is -0.491 e. The van der Waals surface area contributed by atoms with Crippen LogP contribution in [0.5, 0.6) is 11.5 Å². The topological polar surface area (TPSA) is 96.4 Å². The number of carbonyl (C=O) groups is 1. The zero-order valence-electron chi connectivity index (χ0n) is 18.2. The van der Waals surface area contributed by atoms with E-state index in [4.69, 9.17) is 26.2 Å². The summed E-state index contributed by atoms with van der Waals surface area (Å²) in [7, 11) is -3.64. The van der Waals surface area contributed by atoms with Gasteiger partial charge in [0, 0.05) is 37.4 Å². The number of sulfonamides is 1. The standard InChI is InChI=1S/C22H27ClN2O6S/c1-15(2)31-18-5-7-19(8-6-18)32(28,29)24-10-11-25(16(3)13-24)17-4-9-20(23)21(12-17)30-14-22(26)27/h4-9,12,15-16H,10-11,13-14H2,1-3H3,(H,26,27). The van der Waals surface area contributed by atoms with Crippen LogP contribution in [0.4, 0.5) is 5.69 Å². The van der Waals surface area contributed by atoms with Gasteiger partial charge in [0.1, 0.15) is 11.5 Å². The van der Waals surface area contributed by atoms with E-state index in [-0.39, 0.29) is 22.8 Å². The number of benzene rings is 2. The lowest BCUT2D eigenvalue weighted by Crippen LogP contribution is -2.53. The number of halogens is 1. The quantitative estimate of drug-likeness (QED) is 0.615. The molecule has 0 bridgehead atoms. The molecule has 1 fully saturated rings. The molecule has 8 nitrogen and oxygen atoms in total. The maximum Gasteiger partial charge on any atom is 0.341 e. The third kappa shape index (κ3) is 5.65. The summed E-state index contributed by atoms with van der Waals surface area (Å²) in [5.41, 5.74) is 0.787. The second-order valence-electron chi connectivity index (χ2n) is 7.84. The summed E-state index contributed by atoms with van der Waals surface area (Å²) in [6.45, 7) is 6.35. The Morgan fingerprint density at radius 2 is 1.88 bits per heavy atom. The predicted molar refractivity (Wildman–Crippen MR) is 122 cm³/mol. The molecule has 0 aliphatic carbocycles. The van der Waals surface area contributed by atoms with Crippen LogP contribution in [0.1, 0.15) is 20.8 Å². The second-order valence-corrected chi connectivity index (χ2v) is 10.2. The summed E-state index contributed by atoms with van der Waals surface area (Å²) in [5, 5.41) is 9.14. The molecule has 0 radical (unpaired) electrons. The molecule has 1 atom stereocenters. The van der Waals surface area contributed by atoms with E-state index in [1.807, 2.05) is 26.8 Å². The number of hydrogen-bond donors (Lipinski definition) is 1. The summed E-state index contributed by atoms with van der Waals surface area (Å²) < 4.78 is 38.6. The summed E-state index contributed by atoms with van der Waals surface area (Å²) in [5.74, 6) is -0.194. The van der Waals surface area contributed by atoms with Crippen molar-refractivity contribution in [2.75, 3.05) is 31.1 Å². The van der Waals surface area contributed by atoms with Crippen molar-refractivity contribution in [3.05, 3.63) is 47.5 Å². The van der Waals surface area contributed by atoms with Gasteiger partial charge in [-0.2, -0.15) is 4.31 Å². The highest BCUT2D eigenvalue weighted by Crippen LogP contribution is 2.32. The average Bonchev–Trinajstić information content (AvgIpc) is 2.73. The number of ether oxygens (including phenoxy) is 2. The highest BCUT2D eigenvalue weighted by atomic mass is 35.5. The summed E-state index contributed by atoms with van der Waals surface area (Å²) in [6.07, 6.45) is 0.00861. The fourth-order valence-electron chi connectivity index (χ4n) is 3.56. The van der Waals surface area contributed by atoms with Crippen LogP contribution >= 0.6 is 11.6 Å². The Hall–Kier alpha value is -2.49. The first-order valence-corrected chi connectivity index (χ1v) is 12.1. The van der Waals surface area contributed by atoms with Gasteiger partial charge in [-0.1, -0.05) is 11.6 Å². The molecule has 174 valence electrons. The van der Waals surface area contributed by atoms with E-state index >= 15 is 0 Å². The largest absolute Gasteiger partial charge is 0.491 e. The highest BCUT2D eigenvalue weighted by molar-refractivity contribution is 7.89. The minimum atomic E-state index is -3.64. The Balaban J connectivity index is 1.72. The van der Waals surface area contributed by atoms with Gasteiger partial charge in [-0.15, -0.1) is 0 Å². The van der Waals surface area contributed by atoms with Crippen molar-refractivity contribution in [3.8, 4) is 11.5 Å². The summed E-state index contributed by atoms with van der Waals surface area (Å²) in [4.78, 5) is 13.1. The third-order valence-electron chi connectivity index (χ3n) is 5.02. The lowest BCUT2D eigenvalue weighted by Gasteiger charge is -2.40. The maximum atomic E-state index is 13.1. The van der Waals surface area contributed by atoms with Gasteiger partial charge >= 0.3 is 5.97 Å². The molecule has 0 amide bonds. The molecule has 1 heterocycles. The number of hydrogen-bond acceptors (Lipinski definition) is 6. The van der Waals surface area contributed by atoms with E-state index < -0.39 is 22.6 Å². The molecule has 2 aromatic carbocycles. The van der Waals surface area contributed by atoms with E-state index in [1.165, 1.54) is 4.31 Å². The fourth-order valence-corrected chi connectivity index (χ4v) is 5.24. The van der Waals surface area contributed by atoms with Gasteiger partial charge < -0.3 is 19.5 Å². The van der Waals surface area contributed by atoms with Gasteiger partial charge in [0.25, 0.3) is 0 Å². The number of rotatable bonds is 8. The second kappa shape index (κ2) is 9.97. The maximum absolute atomic E-state index is 13.1. The third-order valence-corrected chi connectivity index (χ3v) is 7.21. The lowest BCUT2D eigenvalue weighted by atomic mass is 10.1. The molecule has 0 aromatic heterocycles. The molecule has 1 aliphatic heterocycles. The number of carboxylic acid groups (broad SMARTS) is 1. The SMILES string of the molecule is CC(C)Oc1ccc(S(=O)(=O)N2CCN(c3ccc(Cl)c(OCC(=O)O)c3)C(C)C2)cc1. The van der Waals surface area contributed by atoms with Crippen LogP contribution in [0, 0.1) is 0 Å². The molecular formula is C22H27ClN2O6S. The van der Waals surface area contributed by atoms with Crippen molar-refractivity contribution in [2.45, 2.75) is 37.8 Å². The van der Waals surface area contributed by atoms with Gasteiger partial charge in [-0.3, -0.25) is 0 Å². The van der Waals surface area contributed by atoms with Crippen molar-refractivity contribution in [3.63, 3.8) is 0 Å². The normalized spacial score (nSPS) is 17.4. The molecule has 3 rings (SSSR count). The molecule has 0 saturated carbocycles. The van der Waals surface area contributed by atoms with Crippen LogP contribution in [-0.2, 0) is 14.8 Å². The van der Waals surface area contributed by atoms with Gasteiger partial charge in [-0.25, -0.2) is 13.2 Å². The Morgan fingerprint density at radius 3 is 2.47 bits per heavy atom. The molecular weight excluding hydrogens is 456 g/mol. The van der Waals surface area contributed by atoms with Crippen molar-refractivity contribution < 1.29 is 27.8 Å². The Labute approximate surface area is 193 Å². The fraction of sp³-hybridized carbons (Fsp3) is 0.409. The molecule has 1 N–H and O–H groups in total. The summed E-state index contributed by atoms with van der Waals surface area (Å²) >= 11 is 6.11. The van der Waals surface area contributed by atoms with Crippen LogP contribution in [-0.4, -0.2) is 62.2 Å². The zero-order valence-corrected chi connectivity index (χ0v) is 19.8. The van der Waals surface area contributed by atoms with Crippen LogP contribution in [0.25, 0.3) is 0 Å². The molecule has 10 heteroatoms. The van der Waals surface area contributed by atoms with E-state index in [0.717, 1.165) is 5.69 Å². The predicted octanol–water partition coefficient (Wildman–Crippen LogP) is 3.49. The molecule has 32 heavy (non-hydrogen) atoms. The first-order chi connectivity index (χ1) is 15.1. The molecule has 1 saturated heterocycles. The van der Waals surface area contributed by atoms with Crippen LogP contribution in [0.15, 0.2) is 47.4 Å². The van der Waals surface area contributed by atoms with Crippen molar-refractivity contribution in [1.29, 1.82) is 0 Å². The summed E-state index contributed by atoms with van der Waals surface area (Å²) in [6, 6.07) is 11.5. The number of aliphatic carboxylic acids is 1. The number of piperazine rings is 1. The first-order valence-electron chi connectivity index (χ1n) is 10.3. The number of anilines is 1. The van der Waals surface area contributed by atoms with Gasteiger partial charge in [-0.05, 0) is 57.2 Å². The van der Waals surface area contributed by atoms with Crippen molar-refractivity contribution in [1.82, 2.24) is 4.31 Å². The van der Waals surface area contributed by atoms with E-state index in [0.29, 0.717) is 30.4 Å². The zero-order chi connectivity index (χ0) is 23.5. The monoisotopic (exact) mass is 482 g/mol. The molecule has 0 spiro atoms. The van der Waals surface area contributed by atoms with Crippen LogP contribution in [0.3, 0.4) is 0 Å². The number of carboxylic acids is 1. The van der Waals surface area contributed by atoms with Crippen molar-refractivity contribution >= 4 is 33.3 Å². The van der Waals surface area contributed by atoms with E-state index in [1.54, 1.807) is 36.4 Å². The van der Waals surface area contributed by atoms with Gasteiger partial charge in [0.2, 0.25) is 10.0 Å². The minimum absolute atomic E-state index is 0.00861. The van der Waals surface area contributed by atoms with Gasteiger partial charge in [0.15, 0.2) is 6.61 Å². The van der Waals surface area contributed by atoms with Crippen LogP contribution in [0.2, 0.25) is 5.02 Å². The highest BCUT2D eigenvalue weighted by Gasteiger charge is 2.32.